The molecule has 3 N–H and O–H groups in total. The molecular weight excluding hydrogens is 254 g/mol. The second kappa shape index (κ2) is 6.05. The second-order valence-electron chi connectivity index (χ2n) is 5.34. The third kappa shape index (κ3) is 2.99. The zero-order valence-corrected chi connectivity index (χ0v) is 12.1. The average Bonchev–Trinajstić information content (AvgIpc) is 2.86. The number of nitrogens with one attached hydrogen (secondary N) is 3. The van der Waals surface area contributed by atoms with Gasteiger partial charge in [0.25, 0.3) is 5.91 Å². The van der Waals surface area contributed by atoms with Crippen molar-refractivity contribution in [1.29, 1.82) is 0 Å². The quantitative estimate of drug-likeness (QED) is 0.775. The van der Waals surface area contributed by atoms with E-state index in [2.05, 4.69) is 22.9 Å². The molecule has 2 rings (SSSR count). The van der Waals surface area contributed by atoms with Crippen LogP contribution in [0.25, 0.3) is 0 Å². The van der Waals surface area contributed by atoms with Gasteiger partial charge in [0.1, 0.15) is 0 Å². The Balaban J connectivity index is 2.10. The maximum atomic E-state index is 12.2. The summed E-state index contributed by atoms with van der Waals surface area (Å²) in [5.41, 5.74) is 2.25. The topological polar surface area (TPSA) is 70.2 Å². The van der Waals surface area contributed by atoms with Crippen molar-refractivity contribution in [1.82, 2.24) is 10.6 Å². The van der Waals surface area contributed by atoms with Crippen LogP contribution in [0.15, 0.2) is 18.2 Å². The van der Waals surface area contributed by atoms with E-state index in [1.54, 1.807) is 25.2 Å². The first-order chi connectivity index (χ1) is 9.52. The number of aryl methyl sites for hydroxylation is 1. The molecule has 2 atom stereocenters. The molecule has 1 aliphatic rings. The maximum Gasteiger partial charge on any atom is 0.251 e. The Kier molecular flexibility index (Phi) is 4.39. The van der Waals surface area contributed by atoms with Crippen molar-refractivity contribution in [2.75, 3.05) is 25.5 Å². The van der Waals surface area contributed by atoms with Gasteiger partial charge in [0.2, 0.25) is 5.91 Å². The first-order valence-corrected chi connectivity index (χ1v) is 6.87. The Morgan fingerprint density at radius 3 is 2.60 bits per heavy atom. The molecule has 0 radical (unpaired) electrons. The lowest BCUT2D eigenvalue weighted by atomic mass is 9.97. The molecule has 5 heteroatoms. The van der Waals surface area contributed by atoms with Crippen LogP contribution in [0.2, 0.25) is 0 Å². The van der Waals surface area contributed by atoms with Crippen LogP contribution in [-0.2, 0) is 4.79 Å². The number of hydrogen-bond acceptors (Lipinski definition) is 3. The summed E-state index contributed by atoms with van der Waals surface area (Å²) in [5.74, 6) is 0.270. The highest BCUT2D eigenvalue weighted by Gasteiger charge is 2.29. The number of benzene rings is 1. The van der Waals surface area contributed by atoms with Gasteiger partial charge < -0.3 is 16.0 Å². The minimum Gasteiger partial charge on any atom is -0.355 e. The van der Waals surface area contributed by atoms with Crippen LogP contribution in [0.1, 0.15) is 22.8 Å². The van der Waals surface area contributed by atoms with E-state index in [0.717, 1.165) is 24.3 Å². The van der Waals surface area contributed by atoms with Crippen molar-refractivity contribution in [3.8, 4) is 0 Å². The van der Waals surface area contributed by atoms with E-state index in [1.165, 1.54) is 0 Å². The van der Waals surface area contributed by atoms with Gasteiger partial charge in [-0.3, -0.25) is 9.59 Å². The van der Waals surface area contributed by atoms with Crippen molar-refractivity contribution in [2.24, 2.45) is 11.8 Å². The highest BCUT2D eigenvalue weighted by atomic mass is 16.2. The number of hydrogen-bond donors (Lipinski definition) is 3. The Labute approximate surface area is 119 Å². The number of amides is 2. The van der Waals surface area contributed by atoms with Crippen LogP contribution in [0.4, 0.5) is 5.69 Å². The molecule has 1 aromatic rings. The summed E-state index contributed by atoms with van der Waals surface area (Å²) in [6, 6.07) is 5.29. The first kappa shape index (κ1) is 14.5. The number of anilines is 1. The van der Waals surface area contributed by atoms with Crippen molar-refractivity contribution < 1.29 is 9.59 Å². The molecule has 1 saturated heterocycles. The highest BCUT2D eigenvalue weighted by Crippen LogP contribution is 2.21. The Bertz CT molecular complexity index is 528. The number of carbonyl (C=O) groups is 2. The molecule has 0 bridgehead atoms. The summed E-state index contributed by atoms with van der Waals surface area (Å²) in [6.45, 7) is 5.57. The van der Waals surface area contributed by atoms with E-state index in [4.69, 9.17) is 0 Å². The standard InChI is InChI=1S/C15H21N3O2/c1-9-6-11(14(19)16-3)4-5-13(9)18-15(20)12-8-17-7-10(12)2/h4-6,10,12,17H,7-8H2,1-3H3,(H,16,19)(H,18,20). The molecule has 20 heavy (non-hydrogen) atoms. The summed E-state index contributed by atoms with van der Waals surface area (Å²) in [4.78, 5) is 23.8. The molecule has 1 heterocycles. The summed E-state index contributed by atoms with van der Waals surface area (Å²) < 4.78 is 0. The monoisotopic (exact) mass is 275 g/mol. The lowest BCUT2D eigenvalue weighted by molar-refractivity contribution is -0.120. The fraction of sp³-hybridized carbons (Fsp3) is 0.467. The van der Waals surface area contributed by atoms with E-state index in [-0.39, 0.29) is 17.7 Å². The molecule has 0 aromatic heterocycles. The van der Waals surface area contributed by atoms with E-state index >= 15 is 0 Å². The minimum absolute atomic E-state index is 0.00742. The zero-order chi connectivity index (χ0) is 14.7. The van der Waals surface area contributed by atoms with Gasteiger partial charge >= 0.3 is 0 Å². The highest BCUT2D eigenvalue weighted by molar-refractivity contribution is 5.97. The predicted octanol–water partition coefficient (Wildman–Crippen LogP) is 1.15. The summed E-state index contributed by atoms with van der Waals surface area (Å²) in [6.07, 6.45) is 0. The third-order valence-electron chi connectivity index (χ3n) is 3.83. The van der Waals surface area contributed by atoms with Crippen molar-refractivity contribution in [2.45, 2.75) is 13.8 Å². The smallest absolute Gasteiger partial charge is 0.251 e. The van der Waals surface area contributed by atoms with Gasteiger partial charge in [0, 0.05) is 24.8 Å². The molecular formula is C15H21N3O2. The molecule has 0 spiro atoms. The van der Waals surface area contributed by atoms with Gasteiger partial charge in [0.05, 0.1) is 5.92 Å². The molecule has 1 aromatic carbocycles. The predicted molar refractivity (Wildman–Crippen MR) is 78.7 cm³/mol. The fourth-order valence-corrected chi connectivity index (χ4v) is 2.48. The van der Waals surface area contributed by atoms with Gasteiger partial charge in [-0.15, -0.1) is 0 Å². The van der Waals surface area contributed by atoms with E-state index in [0.29, 0.717) is 11.5 Å². The average molecular weight is 275 g/mol. The Hall–Kier alpha value is -1.88. The Morgan fingerprint density at radius 1 is 1.30 bits per heavy atom. The minimum atomic E-state index is -0.125. The third-order valence-corrected chi connectivity index (χ3v) is 3.83. The maximum absolute atomic E-state index is 12.2. The SMILES string of the molecule is CNC(=O)c1ccc(NC(=O)C2CNCC2C)c(C)c1. The first-order valence-electron chi connectivity index (χ1n) is 6.87. The summed E-state index contributed by atoms with van der Waals surface area (Å²) >= 11 is 0. The normalized spacial score (nSPS) is 21.6. The van der Waals surface area contributed by atoms with Gasteiger partial charge in [-0.05, 0) is 43.1 Å². The molecule has 0 saturated carbocycles. The molecule has 2 amide bonds. The van der Waals surface area contributed by atoms with Crippen molar-refractivity contribution >= 4 is 17.5 Å². The van der Waals surface area contributed by atoms with Crippen LogP contribution >= 0.6 is 0 Å². The van der Waals surface area contributed by atoms with Crippen molar-refractivity contribution in [3.63, 3.8) is 0 Å². The largest absolute Gasteiger partial charge is 0.355 e. The molecule has 1 aliphatic heterocycles. The molecule has 5 nitrogen and oxygen atoms in total. The zero-order valence-electron chi connectivity index (χ0n) is 12.1. The van der Waals surface area contributed by atoms with Crippen LogP contribution in [-0.4, -0.2) is 32.0 Å². The van der Waals surface area contributed by atoms with Gasteiger partial charge in [-0.1, -0.05) is 6.92 Å². The van der Waals surface area contributed by atoms with Crippen LogP contribution in [0.3, 0.4) is 0 Å². The summed E-state index contributed by atoms with van der Waals surface area (Å²) in [7, 11) is 1.60. The van der Waals surface area contributed by atoms with Gasteiger partial charge in [-0.2, -0.15) is 0 Å². The molecule has 1 fully saturated rings. The van der Waals surface area contributed by atoms with E-state index < -0.39 is 0 Å². The second-order valence-corrected chi connectivity index (χ2v) is 5.34. The molecule has 108 valence electrons. The van der Waals surface area contributed by atoms with Crippen LogP contribution in [0, 0.1) is 18.8 Å². The molecule has 0 aliphatic carbocycles. The molecule has 2 unspecified atom stereocenters. The lowest BCUT2D eigenvalue weighted by Crippen LogP contribution is -2.28. The lowest BCUT2D eigenvalue weighted by Gasteiger charge is -2.16. The fourth-order valence-electron chi connectivity index (χ4n) is 2.48. The van der Waals surface area contributed by atoms with E-state index in [1.807, 2.05) is 6.92 Å². The Morgan fingerprint density at radius 2 is 2.05 bits per heavy atom. The van der Waals surface area contributed by atoms with Crippen LogP contribution in [0.5, 0.6) is 0 Å². The summed E-state index contributed by atoms with van der Waals surface area (Å²) in [5, 5.41) is 8.76. The van der Waals surface area contributed by atoms with E-state index in [9.17, 15) is 9.59 Å². The van der Waals surface area contributed by atoms with Crippen molar-refractivity contribution in [3.05, 3.63) is 29.3 Å². The number of rotatable bonds is 3. The number of carbonyl (C=O) groups excluding carboxylic acids is 2. The van der Waals surface area contributed by atoms with Gasteiger partial charge in [0.15, 0.2) is 0 Å². The van der Waals surface area contributed by atoms with Crippen LogP contribution < -0.4 is 16.0 Å². The van der Waals surface area contributed by atoms with Gasteiger partial charge in [-0.25, -0.2) is 0 Å².